The van der Waals surface area contributed by atoms with Crippen molar-refractivity contribution in [2.75, 3.05) is 0 Å². The first-order chi connectivity index (χ1) is 7.58. The van der Waals surface area contributed by atoms with Crippen molar-refractivity contribution in [1.82, 2.24) is 4.98 Å². The molecule has 2 rings (SSSR count). The summed E-state index contributed by atoms with van der Waals surface area (Å²) in [5.41, 5.74) is 2.29. The lowest BCUT2D eigenvalue weighted by Crippen LogP contribution is -1.98. The van der Waals surface area contributed by atoms with E-state index in [9.17, 15) is 4.79 Å². The molecule has 0 aliphatic carbocycles. The molecule has 1 aromatic heterocycles. The fourth-order valence-corrected chi connectivity index (χ4v) is 2.32. The van der Waals surface area contributed by atoms with Gasteiger partial charge in [-0.15, -0.1) is 11.3 Å². The van der Waals surface area contributed by atoms with Crippen LogP contribution in [0.15, 0.2) is 24.3 Å². The summed E-state index contributed by atoms with van der Waals surface area (Å²) in [5.74, 6) is -0.966. The maximum atomic E-state index is 10.9. The molecule has 0 aliphatic rings. The summed E-state index contributed by atoms with van der Waals surface area (Å²) in [6, 6.07) is 7.90. The van der Waals surface area contributed by atoms with Gasteiger partial charge in [0.15, 0.2) is 5.69 Å². The highest BCUT2D eigenvalue weighted by Crippen LogP contribution is 2.27. The van der Waals surface area contributed by atoms with Gasteiger partial charge in [-0.25, -0.2) is 9.78 Å². The third-order valence-corrected chi connectivity index (χ3v) is 3.32. The standard InChI is InChI=1S/C12H11NO2S/c1-7-3-5-9(6-4-7)11-13-10(12(14)15)8(2)16-11/h3-6H,1-2H3,(H,14,15). The van der Waals surface area contributed by atoms with E-state index in [4.69, 9.17) is 5.11 Å². The van der Waals surface area contributed by atoms with Crippen molar-refractivity contribution in [3.63, 3.8) is 0 Å². The third-order valence-electron chi connectivity index (χ3n) is 2.30. The molecular weight excluding hydrogens is 222 g/mol. The van der Waals surface area contributed by atoms with Crippen molar-refractivity contribution in [3.8, 4) is 10.6 Å². The zero-order valence-electron chi connectivity index (χ0n) is 9.02. The zero-order chi connectivity index (χ0) is 11.7. The van der Waals surface area contributed by atoms with Gasteiger partial charge >= 0.3 is 5.97 Å². The molecule has 0 atom stereocenters. The van der Waals surface area contributed by atoms with Crippen LogP contribution in [0, 0.1) is 13.8 Å². The average molecular weight is 233 g/mol. The molecule has 0 aliphatic heterocycles. The number of rotatable bonds is 2. The first kappa shape index (κ1) is 10.8. The molecule has 82 valence electrons. The molecule has 0 unspecified atom stereocenters. The second kappa shape index (κ2) is 4.06. The van der Waals surface area contributed by atoms with Gasteiger partial charge in [-0.2, -0.15) is 0 Å². The summed E-state index contributed by atoms with van der Waals surface area (Å²) in [4.78, 5) is 15.7. The molecule has 3 nitrogen and oxygen atoms in total. The Kier molecular flexibility index (Phi) is 2.75. The van der Waals surface area contributed by atoms with Crippen LogP contribution < -0.4 is 0 Å². The van der Waals surface area contributed by atoms with Gasteiger partial charge in [-0.05, 0) is 13.8 Å². The molecule has 0 amide bonds. The van der Waals surface area contributed by atoms with Gasteiger partial charge in [-0.1, -0.05) is 29.8 Å². The zero-order valence-corrected chi connectivity index (χ0v) is 9.84. The van der Waals surface area contributed by atoms with Crippen LogP contribution in [-0.4, -0.2) is 16.1 Å². The predicted molar refractivity (Wildman–Crippen MR) is 64.0 cm³/mol. The molecule has 0 fully saturated rings. The molecule has 0 bridgehead atoms. The molecule has 0 saturated carbocycles. The molecule has 1 aromatic carbocycles. The van der Waals surface area contributed by atoms with Gasteiger partial charge in [0.05, 0.1) is 0 Å². The number of carbonyl (C=O) groups is 1. The summed E-state index contributed by atoms with van der Waals surface area (Å²) in [6.45, 7) is 3.79. The Hall–Kier alpha value is -1.68. The summed E-state index contributed by atoms with van der Waals surface area (Å²) in [7, 11) is 0. The molecule has 1 heterocycles. The summed E-state index contributed by atoms with van der Waals surface area (Å²) >= 11 is 1.41. The monoisotopic (exact) mass is 233 g/mol. The Bertz CT molecular complexity index is 528. The van der Waals surface area contributed by atoms with Crippen molar-refractivity contribution >= 4 is 17.3 Å². The third kappa shape index (κ3) is 1.97. The number of aromatic carboxylic acids is 1. The van der Waals surface area contributed by atoms with E-state index < -0.39 is 5.97 Å². The topological polar surface area (TPSA) is 50.2 Å². The van der Waals surface area contributed by atoms with Gasteiger partial charge in [0.25, 0.3) is 0 Å². The first-order valence-corrected chi connectivity index (χ1v) is 5.67. The molecule has 1 N–H and O–H groups in total. The minimum absolute atomic E-state index is 0.153. The van der Waals surface area contributed by atoms with Crippen LogP contribution in [-0.2, 0) is 0 Å². The number of benzene rings is 1. The van der Waals surface area contributed by atoms with Crippen molar-refractivity contribution in [1.29, 1.82) is 0 Å². The second-order valence-electron chi connectivity index (χ2n) is 3.59. The summed E-state index contributed by atoms with van der Waals surface area (Å²) in [5, 5.41) is 9.67. The Morgan fingerprint density at radius 3 is 2.38 bits per heavy atom. The Labute approximate surface area is 97.4 Å². The van der Waals surface area contributed by atoms with Gasteiger partial charge in [-0.3, -0.25) is 0 Å². The lowest BCUT2D eigenvalue weighted by Gasteiger charge is -1.96. The van der Waals surface area contributed by atoms with E-state index >= 15 is 0 Å². The fraction of sp³-hybridized carbons (Fsp3) is 0.167. The maximum Gasteiger partial charge on any atom is 0.355 e. The smallest absolute Gasteiger partial charge is 0.355 e. The molecule has 0 spiro atoms. The lowest BCUT2D eigenvalue weighted by molar-refractivity contribution is 0.0690. The van der Waals surface area contributed by atoms with Crippen LogP contribution >= 0.6 is 11.3 Å². The molecule has 4 heteroatoms. The minimum atomic E-state index is -0.966. The number of hydrogen-bond donors (Lipinski definition) is 1. The Morgan fingerprint density at radius 2 is 1.88 bits per heavy atom. The number of aromatic nitrogens is 1. The molecule has 2 aromatic rings. The van der Waals surface area contributed by atoms with E-state index in [1.54, 1.807) is 6.92 Å². The van der Waals surface area contributed by atoms with Crippen LogP contribution in [0.3, 0.4) is 0 Å². The van der Waals surface area contributed by atoms with Crippen molar-refractivity contribution in [2.45, 2.75) is 13.8 Å². The average Bonchev–Trinajstić information content (AvgIpc) is 2.61. The molecular formula is C12H11NO2S. The van der Waals surface area contributed by atoms with E-state index in [2.05, 4.69) is 4.98 Å². The quantitative estimate of drug-likeness (QED) is 0.867. The maximum absolute atomic E-state index is 10.9. The van der Waals surface area contributed by atoms with Crippen LogP contribution in [0.1, 0.15) is 20.9 Å². The largest absolute Gasteiger partial charge is 0.476 e. The van der Waals surface area contributed by atoms with Gasteiger partial charge in [0.1, 0.15) is 5.01 Å². The summed E-state index contributed by atoms with van der Waals surface area (Å²) < 4.78 is 0. The minimum Gasteiger partial charge on any atom is -0.476 e. The van der Waals surface area contributed by atoms with Gasteiger partial charge in [0, 0.05) is 10.4 Å². The highest BCUT2D eigenvalue weighted by molar-refractivity contribution is 7.15. The van der Waals surface area contributed by atoms with Crippen molar-refractivity contribution in [3.05, 3.63) is 40.4 Å². The SMILES string of the molecule is Cc1ccc(-c2nc(C(=O)O)c(C)s2)cc1. The highest BCUT2D eigenvalue weighted by Gasteiger charge is 2.14. The van der Waals surface area contributed by atoms with Crippen molar-refractivity contribution < 1.29 is 9.90 Å². The fourth-order valence-electron chi connectivity index (χ4n) is 1.41. The Morgan fingerprint density at radius 1 is 1.25 bits per heavy atom. The van der Waals surface area contributed by atoms with Crippen LogP contribution in [0.2, 0.25) is 0 Å². The van der Waals surface area contributed by atoms with Crippen LogP contribution in [0.4, 0.5) is 0 Å². The molecule has 0 saturated heterocycles. The molecule has 0 radical (unpaired) electrons. The second-order valence-corrected chi connectivity index (χ2v) is 4.80. The van der Waals surface area contributed by atoms with E-state index in [1.165, 1.54) is 16.9 Å². The van der Waals surface area contributed by atoms with Crippen molar-refractivity contribution in [2.24, 2.45) is 0 Å². The van der Waals surface area contributed by atoms with E-state index in [-0.39, 0.29) is 5.69 Å². The first-order valence-electron chi connectivity index (χ1n) is 4.85. The number of aryl methyl sites for hydroxylation is 2. The number of hydrogen-bond acceptors (Lipinski definition) is 3. The normalized spacial score (nSPS) is 10.4. The van der Waals surface area contributed by atoms with Crippen LogP contribution in [0.5, 0.6) is 0 Å². The van der Waals surface area contributed by atoms with E-state index in [0.29, 0.717) is 0 Å². The van der Waals surface area contributed by atoms with Gasteiger partial charge in [0.2, 0.25) is 0 Å². The van der Waals surface area contributed by atoms with Crippen LogP contribution in [0.25, 0.3) is 10.6 Å². The summed E-state index contributed by atoms with van der Waals surface area (Å²) in [6.07, 6.45) is 0. The number of carboxylic acids is 1. The Balaban J connectivity index is 2.45. The number of carboxylic acid groups (broad SMARTS) is 1. The lowest BCUT2D eigenvalue weighted by atomic mass is 10.2. The highest BCUT2D eigenvalue weighted by atomic mass is 32.1. The number of thiazole rings is 1. The van der Waals surface area contributed by atoms with Gasteiger partial charge < -0.3 is 5.11 Å². The van der Waals surface area contributed by atoms with E-state index in [1.807, 2.05) is 31.2 Å². The predicted octanol–water partition coefficient (Wildman–Crippen LogP) is 3.13. The van der Waals surface area contributed by atoms with E-state index in [0.717, 1.165) is 15.4 Å². The molecule has 16 heavy (non-hydrogen) atoms. The number of nitrogens with zero attached hydrogens (tertiary/aromatic N) is 1.